The summed E-state index contributed by atoms with van der Waals surface area (Å²) in [6, 6.07) is 15.8. The van der Waals surface area contributed by atoms with Crippen LogP contribution in [0.25, 0.3) is 0 Å². The van der Waals surface area contributed by atoms with Crippen LogP contribution in [0.4, 0.5) is 5.69 Å². The first-order valence-corrected chi connectivity index (χ1v) is 10.2. The van der Waals surface area contributed by atoms with Crippen molar-refractivity contribution in [1.82, 2.24) is 10.6 Å². The minimum Gasteiger partial charge on any atom is -0.508 e. The zero-order valence-electron chi connectivity index (χ0n) is 16.4. The van der Waals surface area contributed by atoms with Gasteiger partial charge in [0.05, 0.1) is 0 Å². The highest BCUT2D eigenvalue weighted by Gasteiger charge is 2.12. The summed E-state index contributed by atoms with van der Waals surface area (Å²) in [5.74, 6) is -0.846. The number of hydrogen-bond acceptors (Lipinski definition) is 5. The van der Waals surface area contributed by atoms with Crippen molar-refractivity contribution >= 4 is 39.3 Å². The van der Waals surface area contributed by atoms with Crippen LogP contribution in [-0.4, -0.2) is 35.9 Å². The zero-order chi connectivity index (χ0) is 22.2. The van der Waals surface area contributed by atoms with Crippen molar-refractivity contribution in [1.29, 1.82) is 0 Å². The van der Waals surface area contributed by atoms with E-state index in [4.69, 9.17) is 4.42 Å². The molecule has 0 spiro atoms. The SMILES string of the molecule is O=C(NCCCNC(=O)c1cccc(NC(=O)c2ccc(Br)o2)c1)c1cccc(O)c1. The van der Waals surface area contributed by atoms with Crippen molar-refractivity contribution in [2.24, 2.45) is 0 Å². The monoisotopic (exact) mass is 485 g/mol. The molecule has 160 valence electrons. The predicted octanol–water partition coefficient (Wildman–Crippen LogP) is 3.55. The van der Waals surface area contributed by atoms with Crippen LogP contribution < -0.4 is 16.0 Å². The largest absolute Gasteiger partial charge is 0.508 e. The normalized spacial score (nSPS) is 10.4. The number of benzene rings is 2. The molecular formula is C22H20BrN3O5. The average molecular weight is 486 g/mol. The second kappa shape index (κ2) is 10.4. The highest BCUT2D eigenvalue weighted by Crippen LogP contribution is 2.17. The Hall–Kier alpha value is -3.59. The lowest BCUT2D eigenvalue weighted by molar-refractivity contribution is 0.0948. The lowest BCUT2D eigenvalue weighted by Crippen LogP contribution is -2.29. The molecule has 0 bridgehead atoms. The van der Waals surface area contributed by atoms with Gasteiger partial charge >= 0.3 is 0 Å². The molecule has 0 saturated heterocycles. The third kappa shape index (κ3) is 6.45. The number of carbonyl (C=O) groups is 3. The summed E-state index contributed by atoms with van der Waals surface area (Å²) in [4.78, 5) is 36.5. The molecule has 31 heavy (non-hydrogen) atoms. The van der Waals surface area contributed by atoms with Gasteiger partial charge < -0.3 is 25.5 Å². The van der Waals surface area contributed by atoms with E-state index in [2.05, 4.69) is 31.9 Å². The third-order valence-electron chi connectivity index (χ3n) is 4.21. The number of amides is 3. The van der Waals surface area contributed by atoms with E-state index < -0.39 is 5.91 Å². The molecule has 3 amide bonds. The molecule has 2 aromatic carbocycles. The first-order valence-electron chi connectivity index (χ1n) is 9.44. The van der Waals surface area contributed by atoms with E-state index in [9.17, 15) is 19.5 Å². The van der Waals surface area contributed by atoms with E-state index in [1.807, 2.05) is 0 Å². The third-order valence-corrected chi connectivity index (χ3v) is 4.64. The summed E-state index contributed by atoms with van der Waals surface area (Å²) in [5.41, 5.74) is 1.22. The number of nitrogens with one attached hydrogen (secondary N) is 3. The molecule has 0 aliphatic carbocycles. The molecular weight excluding hydrogens is 466 g/mol. The molecule has 4 N–H and O–H groups in total. The summed E-state index contributed by atoms with van der Waals surface area (Å²) >= 11 is 3.14. The number of halogens is 1. The van der Waals surface area contributed by atoms with E-state index in [0.29, 0.717) is 41.0 Å². The summed E-state index contributed by atoms with van der Waals surface area (Å²) in [6.07, 6.45) is 0.528. The molecule has 0 atom stereocenters. The minimum atomic E-state index is -0.425. The van der Waals surface area contributed by atoms with Crippen molar-refractivity contribution in [3.63, 3.8) is 0 Å². The summed E-state index contributed by atoms with van der Waals surface area (Å²) in [7, 11) is 0. The van der Waals surface area contributed by atoms with E-state index in [0.717, 1.165) is 0 Å². The molecule has 0 unspecified atom stereocenters. The van der Waals surface area contributed by atoms with Gasteiger partial charge in [0.2, 0.25) is 0 Å². The van der Waals surface area contributed by atoms with Crippen LogP contribution in [0, 0.1) is 0 Å². The maximum atomic E-state index is 12.3. The number of hydrogen-bond donors (Lipinski definition) is 4. The molecule has 0 aliphatic rings. The number of phenolic OH excluding ortho intramolecular Hbond substituents is 1. The number of rotatable bonds is 8. The zero-order valence-corrected chi connectivity index (χ0v) is 17.9. The summed E-state index contributed by atoms with van der Waals surface area (Å²) < 4.78 is 5.65. The molecule has 0 fully saturated rings. The number of phenols is 1. The summed E-state index contributed by atoms with van der Waals surface area (Å²) in [5, 5.41) is 17.6. The van der Waals surface area contributed by atoms with Crippen LogP contribution in [-0.2, 0) is 0 Å². The highest BCUT2D eigenvalue weighted by molar-refractivity contribution is 9.10. The van der Waals surface area contributed by atoms with Crippen LogP contribution in [0.1, 0.15) is 37.7 Å². The lowest BCUT2D eigenvalue weighted by atomic mass is 10.2. The van der Waals surface area contributed by atoms with Gasteiger partial charge in [0.15, 0.2) is 10.4 Å². The Labute approximate surface area is 186 Å². The van der Waals surface area contributed by atoms with Gasteiger partial charge in [0.25, 0.3) is 17.7 Å². The van der Waals surface area contributed by atoms with E-state index in [1.165, 1.54) is 18.2 Å². The Balaban J connectivity index is 1.43. The van der Waals surface area contributed by atoms with E-state index in [1.54, 1.807) is 42.5 Å². The molecule has 0 radical (unpaired) electrons. The Kier molecular flexibility index (Phi) is 7.45. The first-order chi connectivity index (χ1) is 14.9. The predicted molar refractivity (Wildman–Crippen MR) is 118 cm³/mol. The Morgan fingerprint density at radius 3 is 2.10 bits per heavy atom. The Bertz CT molecular complexity index is 1100. The van der Waals surface area contributed by atoms with E-state index in [-0.39, 0.29) is 23.3 Å². The maximum absolute atomic E-state index is 12.3. The van der Waals surface area contributed by atoms with Crippen molar-refractivity contribution in [3.8, 4) is 5.75 Å². The number of aromatic hydroxyl groups is 1. The van der Waals surface area contributed by atoms with Gasteiger partial charge in [-0.1, -0.05) is 12.1 Å². The van der Waals surface area contributed by atoms with Crippen LogP contribution in [0.15, 0.2) is 69.8 Å². The minimum absolute atomic E-state index is 0.0235. The maximum Gasteiger partial charge on any atom is 0.291 e. The molecule has 8 nitrogen and oxygen atoms in total. The van der Waals surface area contributed by atoms with Crippen molar-refractivity contribution < 1.29 is 23.9 Å². The second-order valence-electron chi connectivity index (χ2n) is 6.55. The van der Waals surface area contributed by atoms with Gasteiger partial charge in [-0.25, -0.2) is 0 Å². The fraction of sp³-hybridized carbons (Fsp3) is 0.136. The summed E-state index contributed by atoms with van der Waals surface area (Å²) in [6.45, 7) is 0.722. The standard InChI is InChI=1S/C22H20BrN3O5/c23-19-9-8-18(31-19)22(30)26-16-6-1-4-14(12-16)20(28)24-10-3-11-25-21(29)15-5-2-7-17(27)13-15/h1-2,4-9,12-13,27H,3,10-11H2,(H,24,28)(H,25,29)(H,26,30). The molecule has 3 aromatic rings. The number of furan rings is 1. The van der Waals surface area contributed by atoms with Gasteiger partial charge in [0, 0.05) is 29.9 Å². The van der Waals surface area contributed by atoms with Crippen LogP contribution >= 0.6 is 15.9 Å². The van der Waals surface area contributed by atoms with E-state index >= 15 is 0 Å². The molecule has 0 aliphatic heterocycles. The van der Waals surface area contributed by atoms with Crippen molar-refractivity contribution in [2.45, 2.75) is 6.42 Å². The number of anilines is 1. The number of carbonyl (C=O) groups excluding carboxylic acids is 3. The molecule has 0 saturated carbocycles. The van der Waals surface area contributed by atoms with Gasteiger partial charge in [0.1, 0.15) is 5.75 Å². The molecule has 3 rings (SSSR count). The Morgan fingerprint density at radius 2 is 1.48 bits per heavy atom. The van der Waals surface area contributed by atoms with Crippen LogP contribution in [0.5, 0.6) is 5.75 Å². The van der Waals surface area contributed by atoms with Gasteiger partial charge in [-0.3, -0.25) is 14.4 Å². The molecule has 9 heteroatoms. The first kappa shape index (κ1) is 22.1. The quantitative estimate of drug-likeness (QED) is 0.363. The molecule has 1 aromatic heterocycles. The molecule has 1 heterocycles. The van der Waals surface area contributed by atoms with Gasteiger partial charge in [-0.2, -0.15) is 0 Å². The van der Waals surface area contributed by atoms with Gasteiger partial charge in [-0.15, -0.1) is 0 Å². The topological polar surface area (TPSA) is 121 Å². The van der Waals surface area contributed by atoms with Crippen molar-refractivity contribution in [3.05, 3.63) is 82.2 Å². The highest BCUT2D eigenvalue weighted by atomic mass is 79.9. The van der Waals surface area contributed by atoms with Crippen LogP contribution in [0.2, 0.25) is 0 Å². The average Bonchev–Trinajstić information content (AvgIpc) is 3.20. The second-order valence-corrected chi connectivity index (χ2v) is 7.34. The lowest BCUT2D eigenvalue weighted by Gasteiger charge is -2.09. The smallest absolute Gasteiger partial charge is 0.291 e. The van der Waals surface area contributed by atoms with Crippen LogP contribution in [0.3, 0.4) is 0 Å². The van der Waals surface area contributed by atoms with Gasteiger partial charge in [-0.05, 0) is 70.9 Å². The Morgan fingerprint density at radius 1 is 0.839 bits per heavy atom. The fourth-order valence-electron chi connectivity index (χ4n) is 2.71. The van der Waals surface area contributed by atoms with Crippen molar-refractivity contribution in [2.75, 3.05) is 18.4 Å². The fourth-order valence-corrected chi connectivity index (χ4v) is 3.02.